The van der Waals surface area contributed by atoms with Gasteiger partial charge in [0.2, 0.25) is 18.0 Å². The highest BCUT2D eigenvalue weighted by atomic mass is 19.4. The van der Waals surface area contributed by atoms with Crippen molar-refractivity contribution in [2.45, 2.75) is 44.2 Å². The van der Waals surface area contributed by atoms with E-state index in [0.29, 0.717) is 27.5 Å². The van der Waals surface area contributed by atoms with Crippen LogP contribution in [0.3, 0.4) is 0 Å². The fraction of sp³-hybridized carbons (Fsp3) is 0.385. The average Bonchev–Trinajstić information content (AvgIpc) is 3.00. The van der Waals surface area contributed by atoms with E-state index in [-0.39, 0.29) is 5.71 Å². The molecule has 2 aliphatic heterocycles. The summed E-state index contributed by atoms with van der Waals surface area (Å²) in [7, 11) is 1.46. The van der Waals surface area contributed by atoms with Gasteiger partial charge in [-0.05, 0) is 43.2 Å². The minimum absolute atomic E-state index is 0.183. The number of benzene rings is 2. The third kappa shape index (κ3) is 6.23. The van der Waals surface area contributed by atoms with Crippen molar-refractivity contribution >= 4 is 29.1 Å². The van der Waals surface area contributed by atoms with Gasteiger partial charge in [0.1, 0.15) is 5.75 Å². The molecule has 3 amide bonds. The minimum Gasteiger partial charge on any atom is -0.497 e. The first kappa shape index (κ1) is 28.1. The Kier molecular flexibility index (Phi) is 7.71. The maximum atomic E-state index is 13.3. The zero-order chi connectivity index (χ0) is 28.5. The fourth-order valence-electron chi connectivity index (χ4n) is 4.74. The molecule has 0 aliphatic carbocycles. The lowest BCUT2D eigenvalue weighted by Gasteiger charge is -2.22. The third-order valence-corrected chi connectivity index (χ3v) is 6.61. The molecule has 7 nitrogen and oxygen atoms in total. The van der Waals surface area contributed by atoms with Crippen molar-refractivity contribution in [1.82, 2.24) is 4.90 Å². The number of hydrogen-bond acceptors (Lipinski definition) is 5. The summed E-state index contributed by atoms with van der Waals surface area (Å²) >= 11 is 0. The molecule has 1 N–H and O–H groups in total. The SMILES string of the molecule is COc1ccc(C2=N[C@@H](N3C(=O)[C@@H](CCC(F)(F)F)[C@@H](CCC(F)(F)F)C3=O)C(=O)Nc3ccccc32)cc1. The predicted molar refractivity (Wildman–Crippen MR) is 127 cm³/mol. The molecular weight excluding hydrogens is 532 g/mol. The molecule has 2 aromatic carbocycles. The van der Waals surface area contributed by atoms with E-state index in [1.165, 1.54) is 7.11 Å². The van der Waals surface area contributed by atoms with Crippen LogP contribution in [-0.2, 0) is 14.4 Å². The molecule has 1 saturated heterocycles. The van der Waals surface area contributed by atoms with Crippen LogP contribution in [0.5, 0.6) is 5.75 Å². The monoisotopic (exact) mass is 555 g/mol. The van der Waals surface area contributed by atoms with Gasteiger partial charge in [-0.1, -0.05) is 18.2 Å². The standard InChI is InChI=1S/C26H23F6N3O4/c1-39-15-8-6-14(7-9-15)20-18-4-2-3-5-19(18)33-22(36)21(34-20)35-23(37)16(10-12-25(27,28)29)17(24(35)38)11-13-26(30,31)32/h2-9,16-17,21H,10-13H2,1H3,(H,33,36)/t16-,17+,21-/m0/s1. The largest absolute Gasteiger partial charge is 0.497 e. The number of likely N-dealkylation sites (tertiary alicyclic amines) is 1. The summed E-state index contributed by atoms with van der Waals surface area (Å²) in [6.45, 7) is 0. The van der Waals surface area contributed by atoms with Gasteiger partial charge in [0.25, 0.3) is 5.91 Å². The van der Waals surface area contributed by atoms with Gasteiger partial charge >= 0.3 is 12.4 Å². The zero-order valence-electron chi connectivity index (χ0n) is 20.5. The van der Waals surface area contributed by atoms with Crippen molar-refractivity contribution in [3.8, 4) is 5.75 Å². The van der Waals surface area contributed by atoms with Gasteiger partial charge in [0, 0.05) is 24.0 Å². The van der Waals surface area contributed by atoms with Crippen LogP contribution in [0.2, 0.25) is 0 Å². The molecule has 1 fully saturated rings. The van der Waals surface area contributed by atoms with Crippen molar-refractivity contribution < 1.29 is 45.5 Å². The number of alkyl halides is 6. The van der Waals surface area contributed by atoms with Crippen LogP contribution in [-0.4, -0.2) is 54.0 Å². The maximum absolute atomic E-state index is 13.3. The van der Waals surface area contributed by atoms with Crippen LogP contribution >= 0.6 is 0 Å². The molecule has 2 heterocycles. The first-order chi connectivity index (χ1) is 18.3. The summed E-state index contributed by atoms with van der Waals surface area (Å²) in [5, 5.41) is 2.57. The van der Waals surface area contributed by atoms with E-state index in [1.807, 2.05) is 0 Å². The molecule has 13 heteroatoms. The van der Waals surface area contributed by atoms with Crippen LogP contribution in [0.25, 0.3) is 0 Å². The normalized spacial score (nSPS) is 21.8. The molecule has 0 saturated carbocycles. The number of ether oxygens (including phenoxy) is 1. The van der Waals surface area contributed by atoms with Gasteiger partial charge in [-0.3, -0.25) is 14.4 Å². The number of imide groups is 1. The zero-order valence-corrected chi connectivity index (χ0v) is 20.5. The van der Waals surface area contributed by atoms with Gasteiger partial charge < -0.3 is 10.1 Å². The van der Waals surface area contributed by atoms with E-state index >= 15 is 0 Å². The third-order valence-electron chi connectivity index (χ3n) is 6.61. The Morgan fingerprint density at radius 2 is 1.38 bits per heavy atom. The average molecular weight is 555 g/mol. The summed E-state index contributed by atoms with van der Waals surface area (Å²) in [4.78, 5) is 44.7. The Balaban J connectivity index is 1.76. The highest BCUT2D eigenvalue weighted by Gasteiger charge is 2.53. The number of halogens is 6. The second-order valence-electron chi connectivity index (χ2n) is 9.18. The molecule has 0 radical (unpaired) electrons. The summed E-state index contributed by atoms with van der Waals surface area (Å²) in [5.41, 5.74) is 1.37. The van der Waals surface area contributed by atoms with Gasteiger partial charge in [-0.15, -0.1) is 0 Å². The van der Waals surface area contributed by atoms with Crippen LogP contribution in [0, 0.1) is 11.8 Å². The van der Waals surface area contributed by atoms with Gasteiger partial charge in [-0.2, -0.15) is 26.3 Å². The summed E-state index contributed by atoms with van der Waals surface area (Å²) in [6, 6.07) is 12.9. The Morgan fingerprint density at radius 3 is 1.90 bits per heavy atom. The van der Waals surface area contributed by atoms with Crippen LogP contribution in [0.1, 0.15) is 36.8 Å². The Labute approximate surface area is 218 Å². The number of para-hydroxylation sites is 1. The topological polar surface area (TPSA) is 88.1 Å². The Hall–Kier alpha value is -3.90. The number of amides is 3. The molecule has 3 atom stereocenters. The van der Waals surface area contributed by atoms with Crippen molar-refractivity contribution in [2.75, 3.05) is 12.4 Å². The lowest BCUT2D eigenvalue weighted by atomic mass is 9.87. The van der Waals surface area contributed by atoms with Crippen LogP contribution in [0.4, 0.5) is 32.0 Å². The van der Waals surface area contributed by atoms with Gasteiger partial charge in [0.05, 0.1) is 30.3 Å². The minimum atomic E-state index is -4.70. The van der Waals surface area contributed by atoms with E-state index < -0.39 is 73.8 Å². The number of carbonyl (C=O) groups excluding carboxylic acids is 3. The van der Waals surface area contributed by atoms with E-state index in [1.54, 1.807) is 48.5 Å². The molecule has 0 aromatic heterocycles. The molecule has 0 spiro atoms. The fourth-order valence-corrected chi connectivity index (χ4v) is 4.74. The van der Waals surface area contributed by atoms with E-state index in [2.05, 4.69) is 10.3 Å². The van der Waals surface area contributed by atoms with Crippen molar-refractivity contribution in [1.29, 1.82) is 0 Å². The number of methoxy groups -OCH3 is 1. The highest BCUT2D eigenvalue weighted by molar-refractivity contribution is 6.21. The second-order valence-corrected chi connectivity index (χ2v) is 9.18. The van der Waals surface area contributed by atoms with E-state index in [0.717, 1.165) is 0 Å². The number of rotatable bonds is 7. The van der Waals surface area contributed by atoms with Crippen LogP contribution in [0.15, 0.2) is 53.5 Å². The number of fused-ring (bicyclic) bond motifs is 1. The molecule has 39 heavy (non-hydrogen) atoms. The quantitative estimate of drug-likeness (QED) is 0.381. The number of nitrogens with zero attached hydrogens (tertiary/aromatic N) is 2. The van der Waals surface area contributed by atoms with Gasteiger partial charge in [0.15, 0.2) is 0 Å². The Bertz CT molecular complexity index is 1250. The maximum Gasteiger partial charge on any atom is 0.389 e. The molecular formula is C26H23F6N3O4. The summed E-state index contributed by atoms with van der Waals surface area (Å²) < 4.78 is 82.9. The van der Waals surface area contributed by atoms with E-state index in [9.17, 15) is 40.7 Å². The number of carbonyl (C=O) groups is 3. The molecule has 0 unspecified atom stereocenters. The second kappa shape index (κ2) is 10.7. The van der Waals surface area contributed by atoms with Crippen molar-refractivity contribution in [3.63, 3.8) is 0 Å². The van der Waals surface area contributed by atoms with Gasteiger partial charge in [-0.25, -0.2) is 9.89 Å². The molecule has 208 valence electrons. The lowest BCUT2D eigenvalue weighted by Crippen LogP contribution is -2.46. The molecule has 4 rings (SSSR count). The van der Waals surface area contributed by atoms with Crippen LogP contribution < -0.4 is 10.1 Å². The summed E-state index contributed by atoms with van der Waals surface area (Å²) in [6.07, 6.45) is -16.0. The first-order valence-electron chi connectivity index (χ1n) is 11.9. The predicted octanol–water partition coefficient (Wildman–Crippen LogP) is 5.10. The summed E-state index contributed by atoms with van der Waals surface area (Å²) in [5.74, 6) is -6.12. The number of benzodiazepines with no additional fused rings is 1. The molecule has 0 bridgehead atoms. The first-order valence-corrected chi connectivity index (χ1v) is 11.9. The number of nitrogens with one attached hydrogen (secondary N) is 1. The lowest BCUT2D eigenvalue weighted by molar-refractivity contribution is -0.147. The smallest absolute Gasteiger partial charge is 0.389 e. The number of aliphatic imine (C=N–C) groups is 1. The van der Waals surface area contributed by atoms with E-state index in [4.69, 9.17) is 4.74 Å². The number of hydrogen-bond donors (Lipinski definition) is 1. The Morgan fingerprint density at radius 1 is 0.846 bits per heavy atom. The number of anilines is 1. The van der Waals surface area contributed by atoms with Crippen molar-refractivity contribution in [2.24, 2.45) is 16.8 Å². The molecule has 2 aromatic rings. The highest BCUT2D eigenvalue weighted by Crippen LogP contribution is 2.40. The molecule has 2 aliphatic rings. The van der Waals surface area contributed by atoms with Crippen molar-refractivity contribution in [3.05, 3.63) is 59.7 Å².